The summed E-state index contributed by atoms with van der Waals surface area (Å²) in [7, 11) is 1.45. The highest BCUT2D eigenvalue weighted by Crippen LogP contribution is 2.25. The third-order valence-electron chi connectivity index (χ3n) is 4.84. The lowest BCUT2D eigenvalue weighted by Gasteiger charge is -2.31. The van der Waals surface area contributed by atoms with Gasteiger partial charge in [-0.05, 0) is 60.9 Å². The highest BCUT2D eigenvalue weighted by Gasteiger charge is 2.27. The van der Waals surface area contributed by atoms with Gasteiger partial charge in [0.25, 0.3) is 5.91 Å². The van der Waals surface area contributed by atoms with Crippen molar-refractivity contribution < 1.29 is 23.8 Å². The number of nitrogens with one attached hydrogen (secondary N) is 1. The summed E-state index contributed by atoms with van der Waals surface area (Å²) >= 11 is 0. The van der Waals surface area contributed by atoms with Crippen molar-refractivity contribution in [1.29, 1.82) is 0 Å². The number of nitrogens with zero attached hydrogens (tertiary/aromatic N) is 2. The number of hydrogen-bond acceptors (Lipinski definition) is 5. The zero-order valence-corrected chi connectivity index (χ0v) is 16.0. The maximum Gasteiger partial charge on any atom is 0.253 e. The highest BCUT2D eigenvalue weighted by molar-refractivity contribution is 5.94. The molecule has 1 aliphatic rings. The van der Waals surface area contributed by atoms with Gasteiger partial charge in [-0.2, -0.15) is 5.10 Å². The molecule has 3 rings (SSSR count). The van der Waals surface area contributed by atoms with Crippen LogP contribution in [-0.2, 0) is 4.79 Å². The molecule has 7 nitrogen and oxygen atoms in total. The third-order valence-corrected chi connectivity index (χ3v) is 4.84. The molecular weight excluding hydrogens is 377 g/mol. The lowest BCUT2D eigenvalue weighted by molar-refractivity contribution is -0.126. The molecule has 0 bridgehead atoms. The molecule has 0 aromatic heterocycles. The number of benzene rings is 2. The zero-order chi connectivity index (χ0) is 20.8. The molecule has 0 unspecified atom stereocenters. The predicted octanol–water partition coefficient (Wildman–Crippen LogP) is 2.54. The topological polar surface area (TPSA) is 91.2 Å². The lowest BCUT2D eigenvalue weighted by Crippen LogP contribution is -2.42. The number of hydrazone groups is 1. The molecule has 2 aromatic rings. The van der Waals surface area contributed by atoms with E-state index in [9.17, 15) is 19.1 Å². The van der Waals surface area contributed by atoms with E-state index in [4.69, 9.17) is 4.74 Å². The molecule has 2 amide bonds. The molecule has 0 saturated carbocycles. The summed E-state index contributed by atoms with van der Waals surface area (Å²) in [5, 5.41) is 13.5. The Hall–Kier alpha value is -3.42. The Bertz CT molecular complexity index is 907. The van der Waals surface area contributed by atoms with Gasteiger partial charge in [0.1, 0.15) is 5.82 Å². The van der Waals surface area contributed by atoms with Crippen LogP contribution in [0.4, 0.5) is 4.39 Å². The average Bonchev–Trinajstić information content (AvgIpc) is 2.75. The first-order chi connectivity index (χ1) is 14.0. The zero-order valence-electron chi connectivity index (χ0n) is 16.0. The molecular formula is C21H22FN3O4. The smallest absolute Gasteiger partial charge is 0.253 e. The monoisotopic (exact) mass is 399 g/mol. The van der Waals surface area contributed by atoms with E-state index in [-0.39, 0.29) is 29.3 Å². The van der Waals surface area contributed by atoms with Crippen LogP contribution in [0.5, 0.6) is 11.5 Å². The Balaban J connectivity index is 1.49. The van der Waals surface area contributed by atoms with Crippen LogP contribution < -0.4 is 10.2 Å². The van der Waals surface area contributed by atoms with E-state index in [1.165, 1.54) is 43.7 Å². The van der Waals surface area contributed by atoms with E-state index in [2.05, 4.69) is 10.5 Å². The van der Waals surface area contributed by atoms with Crippen LogP contribution in [0, 0.1) is 11.7 Å². The third kappa shape index (κ3) is 5.10. The molecule has 1 aliphatic heterocycles. The van der Waals surface area contributed by atoms with E-state index >= 15 is 0 Å². The first kappa shape index (κ1) is 20.3. The number of methoxy groups -OCH3 is 1. The number of ether oxygens (including phenoxy) is 1. The molecule has 152 valence electrons. The van der Waals surface area contributed by atoms with Crippen LogP contribution in [0.15, 0.2) is 47.6 Å². The second kappa shape index (κ2) is 9.18. The molecule has 29 heavy (non-hydrogen) atoms. The Morgan fingerprint density at radius 3 is 2.55 bits per heavy atom. The van der Waals surface area contributed by atoms with Crippen LogP contribution in [0.2, 0.25) is 0 Å². The summed E-state index contributed by atoms with van der Waals surface area (Å²) in [6.45, 7) is 0.903. The number of halogens is 1. The number of phenols is 1. The number of likely N-dealkylation sites (tertiary alicyclic amines) is 1. The van der Waals surface area contributed by atoms with Crippen molar-refractivity contribution in [3.63, 3.8) is 0 Å². The van der Waals surface area contributed by atoms with Gasteiger partial charge in [0.2, 0.25) is 5.91 Å². The molecule has 2 N–H and O–H groups in total. The molecule has 0 atom stereocenters. The van der Waals surface area contributed by atoms with Crippen molar-refractivity contribution in [2.24, 2.45) is 11.0 Å². The van der Waals surface area contributed by atoms with Gasteiger partial charge in [-0.1, -0.05) is 0 Å². The van der Waals surface area contributed by atoms with Crippen molar-refractivity contribution in [1.82, 2.24) is 10.3 Å². The van der Waals surface area contributed by atoms with Crippen molar-refractivity contribution >= 4 is 18.0 Å². The molecule has 1 saturated heterocycles. The van der Waals surface area contributed by atoms with E-state index < -0.39 is 0 Å². The lowest BCUT2D eigenvalue weighted by atomic mass is 9.95. The maximum atomic E-state index is 13.0. The second-order valence-corrected chi connectivity index (χ2v) is 6.74. The molecule has 0 aliphatic carbocycles. The van der Waals surface area contributed by atoms with Crippen molar-refractivity contribution in [2.45, 2.75) is 12.8 Å². The minimum atomic E-state index is -0.386. The quantitative estimate of drug-likeness (QED) is 0.597. The Labute approximate surface area is 167 Å². The average molecular weight is 399 g/mol. The number of carbonyl (C=O) groups is 2. The van der Waals surface area contributed by atoms with Crippen LogP contribution in [0.25, 0.3) is 0 Å². The SMILES string of the molecule is COc1cc(/C=N/NC(=O)C2CCN(C(=O)c3ccc(F)cc3)CC2)ccc1O. The summed E-state index contributed by atoms with van der Waals surface area (Å²) < 4.78 is 18.0. The molecule has 0 radical (unpaired) electrons. The maximum absolute atomic E-state index is 13.0. The Morgan fingerprint density at radius 2 is 1.90 bits per heavy atom. The van der Waals surface area contributed by atoms with E-state index in [1.54, 1.807) is 17.0 Å². The fraction of sp³-hybridized carbons (Fsp3) is 0.286. The first-order valence-electron chi connectivity index (χ1n) is 9.22. The van der Waals surface area contributed by atoms with Crippen molar-refractivity contribution in [3.8, 4) is 11.5 Å². The Morgan fingerprint density at radius 1 is 1.21 bits per heavy atom. The number of hydrogen-bond donors (Lipinski definition) is 2. The fourth-order valence-corrected chi connectivity index (χ4v) is 3.16. The van der Waals surface area contributed by atoms with Crippen LogP contribution in [0.3, 0.4) is 0 Å². The van der Waals surface area contributed by atoms with Crippen molar-refractivity contribution in [2.75, 3.05) is 20.2 Å². The van der Waals surface area contributed by atoms with Gasteiger partial charge in [-0.3, -0.25) is 9.59 Å². The molecule has 2 aromatic carbocycles. The van der Waals surface area contributed by atoms with E-state index in [0.717, 1.165) is 0 Å². The summed E-state index contributed by atoms with van der Waals surface area (Å²) in [4.78, 5) is 26.4. The number of aromatic hydroxyl groups is 1. The van der Waals surface area contributed by atoms with Crippen LogP contribution in [0.1, 0.15) is 28.8 Å². The molecule has 1 heterocycles. The summed E-state index contributed by atoms with van der Waals surface area (Å²) in [5.41, 5.74) is 3.62. The van der Waals surface area contributed by atoms with Gasteiger partial charge in [-0.25, -0.2) is 9.82 Å². The standard InChI is InChI=1S/C21H22FN3O4/c1-29-19-12-14(2-7-18(19)26)13-23-24-20(27)15-8-10-25(11-9-15)21(28)16-3-5-17(22)6-4-16/h2-7,12-13,15,26H,8-11H2,1H3,(H,24,27)/b23-13+. The number of phenolic OH excluding ortho intramolecular Hbond substituents is 1. The minimum Gasteiger partial charge on any atom is -0.504 e. The van der Waals surface area contributed by atoms with Crippen molar-refractivity contribution in [3.05, 3.63) is 59.4 Å². The molecule has 1 fully saturated rings. The summed E-state index contributed by atoms with van der Waals surface area (Å²) in [6.07, 6.45) is 2.52. The predicted molar refractivity (Wildman–Crippen MR) is 105 cm³/mol. The summed E-state index contributed by atoms with van der Waals surface area (Å²) in [6, 6.07) is 10.2. The fourth-order valence-electron chi connectivity index (χ4n) is 3.16. The van der Waals surface area contributed by atoms with E-state index in [0.29, 0.717) is 42.8 Å². The first-order valence-corrected chi connectivity index (χ1v) is 9.22. The van der Waals surface area contributed by atoms with Gasteiger partial charge < -0.3 is 14.7 Å². The van der Waals surface area contributed by atoms with Gasteiger partial charge >= 0.3 is 0 Å². The van der Waals surface area contributed by atoms with Gasteiger partial charge in [-0.15, -0.1) is 0 Å². The summed E-state index contributed by atoms with van der Waals surface area (Å²) in [5.74, 6) is -0.653. The second-order valence-electron chi connectivity index (χ2n) is 6.74. The Kier molecular flexibility index (Phi) is 6.43. The van der Waals surface area contributed by atoms with Crippen LogP contribution >= 0.6 is 0 Å². The highest BCUT2D eigenvalue weighted by atomic mass is 19.1. The number of rotatable bonds is 5. The van der Waals surface area contributed by atoms with E-state index in [1.807, 2.05) is 0 Å². The van der Waals surface area contributed by atoms with Gasteiger partial charge in [0, 0.05) is 24.6 Å². The number of amides is 2. The number of piperidine rings is 1. The molecule has 0 spiro atoms. The normalized spacial score (nSPS) is 14.8. The van der Waals surface area contributed by atoms with Gasteiger partial charge in [0.05, 0.1) is 13.3 Å². The minimum absolute atomic E-state index is 0.0237. The molecule has 8 heteroatoms. The van der Waals surface area contributed by atoms with Crippen LogP contribution in [-0.4, -0.2) is 48.2 Å². The number of carbonyl (C=O) groups excluding carboxylic acids is 2. The largest absolute Gasteiger partial charge is 0.504 e. The van der Waals surface area contributed by atoms with Gasteiger partial charge in [0.15, 0.2) is 11.5 Å².